The van der Waals surface area contributed by atoms with Gasteiger partial charge in [0.25, 0.3) is 0 Å². The summed E-state index contributed by atoms with van der Waals surface area (Å²) in [6.45, 7) is 3.21. The van der Waals surface area contributed by atoms with Crippen molar-refractivity contribution in [1.82, 2.24) is 4.90 Å². The smallest absolute Gasteiger partial charge is 0.321 e. The van der Waals surface area contributed by atoms with E-state index >= 15 is 0 Å². The van der Waals surface area contributed by atoms with Gasteiger partial charge in [0.2, 0.25) is 0 Å². The highest BCUT2D eigenvalue weighted by Gasteiger charge is 2.12. The molecule has 4 heteroatoms. The van der Waals surface area contributed by atoms with Crippen LogP contribution in [0.2, 0.25) is 0 Å². The fourth-order valence-corrected chi connectivity index (χ4v) is 2.19. The molecule has 0 unspecified atom stereocenters. The Hall–Kier alpha value is -2.07. The fraction of sp³-hybridized carbons (Fsp3) is 0.312. The number of carbonyl (C=O) groups excluding carboxylic acids is 1. The van der Waals surface area contributed by atoms with Crippen LogP contribution in [0.4, 0.5) is 10.5 Å². The number of rotatable bonds is 5. The molecule has 2 aromatic carbocycles. The Morgan fingerprint density at radius 1 is 1.20 bits per heavy atom. The van der Waals surface area contributed by atoms with Crippen molar-refractivity contribution < 1.29 is 9.90 Å². The van der Waals surface area contributed by atoms with Gasteiger partial charge in [-0.2, -0.15) is 0 Å². The maximum absolute atomic E-state index is 12.2. The van der Waals surface area contributed by atoms with E-state index in [9.17, 15) is 4.79 Å². The number of hydrogen-bond donors (Lipinski definition) is 2. The lowest BCUT2D eigenvalue weighted by molar-refractivity contribution is 0.205. The summed E-state index contributed by atoms with van der Waals surface area (Å²) >= 11 is 0. The van der Waals surface area contributed by atoms with Crippen LogP contribution in [-0.4, -0.2) is 35.7 Å². The van der Waals surface area contributed by atoms with Gasteiger partial charge in [-0.05, 0) is 24.8 Å². The number of benzene rings is 2. The monoisotopic (exact) mass is 272 g/mol. The summed E-state index contributed by atoms with van der Waals surface area (Å²) in [4.78, 5) is 13.9. The van der Waals surface area contributed by atoms with Crippen molar-refractivity contribution in [3.8, 4) is 0 Å². The minimum absolute atomic E-state index is 0.0953. The van der Waals surface area contributed by atoms with Crippen LogP contribution < -0.4 is 5.32 Å². The topological polar surface area (TPSA) is 52.6 Å². The minimum Gasteiger partial charge on any atom is -0.396 e. The molecule has 0 aliphatic carbocycles. The van der Waals surface area contributed by atoms with Gasteiger partial charge in [0.1, 0.15) is 0 Å². The van der Waals surface area contributed by atoms with Crippen LogP contribution in [0.25, 0.3) is 10.8 Å². The summed E-state index contributed by atoms with van der Waals surface area (Å²) in [5, 5.41) is 13.9. The molecule has 0 aliphatic heterocycles. The Balaban J connectivity index is 2.17. The van der Waals surface area contributed by atoms with Crippen LogP contribution in [0.3, 0.4) is 0 Å². The molecule has 0 bridgehead atoms. The third-order valence-corrected chi connectivity index (χ3v) is 3.29. The van der Waals surface area contributed by atoms with Gasteiger partial charge in [-0.15, -0.1) is 0 Å². The number of nitrogens with one attached hydrogen (secondary N) is 1. The highest BCUT2D eigenvalue weighted by molar-refractivity contribution is 6.01. The van der Waals surface area contributed by atoms with Crippen molar-refractivity contribution in [2.75, 3.05) is 25.0 Å². The van der Waals surface area contributed by atoms with Crippen LogP contribution in [-0.2, 0) is 0 Å². The SMILES string of the molecule is CCN(CCCO)C(=O)Nc1cccc2ccccc12. The summed E-state index contributed by atoms with van der Waals surface area (Å²) in [6.07, 6.45) is 0.594. The van der Waals surface area contributed by atoms with Crippen LogP contribution in [0.5, 0.6) is 0 Å². The number of aliphatic hydroxyl groups is 1. The van der Waals surface area contributed by atoms with Gasteiger partial charge in [-0.1, -0.05) is 36.4 Å². The molecule has 0 saturated heterocycles. The summed E-state index contributed by atoms with van der Waals surface area (Å²) in [5.74, 6) is 0. The van der Waals surface area contributed by atoms with E-state index in [4.69, 9.17) is 5.11 Å². The Morgan fingerprint density at radius 2 is 1.95 bits per heavy atom. The second-order valence-electron chi connectivity index (χ2n) is 4.61. The number of aliphatic hydroxyl groups excluding tert-OH is 1. The number of carbonyl (C=O) groups is 1. The quantitative estimate of drug-likeness (QED) is 0.879. The Morgan fingerprint density at radius 3 is 2.70 bits per heavy atom. The summed E-state index contributed by atoms with van der Waals surface area (Å²) < 4.78 is 0. The lowest BCUT2D eigenvalue weighted by Crippen LogP contribution is -2.35. The van der Waals surface area contributed by atoms with Crippen LogP contribution in [0, 0.1) is 0 Å². The molecule has 0 spiro atoms. The van der Waals surface area contributed by atoms with E-state index in [0.717, 1.165) is 16.5 Å². The molecule has 0 aromatic heterocycles. The molecule has 0 atom stereocenters. The van der Waals surface area contributed by atoms with E-state index < -0.39 is 0 Å². The summed E-state index contributed by atoms with van der Waals surface area (Å²) in [5.41, 5.74) is 0.815. The summed E-state index contributed by atoms with van der Waals surface area (Å²) in [7, 11) is 0. The zero-order valence-electron chi connectivity index (χ0n) is 11.7. The maximum atomic E-state index is 12.2. The Labute approximate surface area is 119 Å². The van der Waals surface area contributed by atoms with Gasteiger partial charge < -0.3 is 15.3 Å². The van der Waals surface area contributed by atoms with E-state index in [1.54, 1.807) is 4.90 Å². The van der Waals surface area contributed by atoms with E-state index in [-0.39, 0.29) is 12.6 Å². The molecular formula is C16H20N2O2. The minimum atomic E-state index is -0.127. The molecule has 2 N–H and O–H groups in total. The van der Waals surface area contributed by atoms with Crippen molar-refractivity contribution in [3.63, 3.8) is 0 Å². The first-order chi connectivity index (χ1) is 9.76. The highest BCUT2D eigenvalue weighted by Crippen LogP contribution is 2.23. The van der Waals surface area contributed by atoms with Gasteiger partial charge in [0.15, 0.2) is 0 Å². The lowest BCUT2D eigenvalue weighted by Gasteiger charge is -2.21. The number of hydrogen-bond acceptors (Lipinski definition) is 2. The van der Waals surface area contributed by atoms with E-state index in [0.29, 0.717) is 19.5 Å². The highest BCUT2D eigenvalue weighted by atomic mass is 16.3. The number of amides is 2. The van der Waals surface area contributed by atoms with Crippen LogP contribution >= 0.6 is 0 Å². The predicted molar refractivity (Wildman–Crippen MR) is 81.9 cm³/mol. The zero-order valence-corrected chi connectivity index (χ0v) is 11.7. The van der Waals surface area contributed by atoms with E-state index in [1.165, 1.54) is 0 Å². The van der Waals surface area contributed by atoms with Crippen molar-refractivity contribution in [3.05, 3.63) is 42.5 Å². The third kappa shape index (κ3) is 3.27. The van der Waals surface area contributed by atoms with Gasteiger partial charge in [0, 0.05) is 25.1 Å². The molecule has 0 radical (unpaired) electrons. The largest absolute Gasteiger partial charge is 0.396 e. The van der Waals surface area contributed by atoms with Gasteiger partial charge >= 0.3 is 6.03 Å². The molecule has 0 saturated carbocycles. The molecule has 20 heavy (non-hydrogen) atoms. The fourth-order valence-electron chi connectivity index (χ4n) is 2.19. The van der Waals surface area contributed by atoms with Crippen molar-refractivity contribution >= 4 is 22.5 Å². The van der Waals surface area contributed by atoms with E-state index in [2.05, 4.69) is 5.32 Å². The average molecular weight is 272 g/mol. The average Bonchev–Trinajstić information content (AvgIpc) is 2.48. The van der Waals surface area contributed by atoms with Gasteiger partial charge in [-0.25, -0.2) is 4.79 Å². The predicted octanol–water partition coefficient (Wildman–Crippen LogP) is 3.08. The molecule has 2 amide bonds. The first kappa shape index (κ1) is 14.3. The maximum Gasteiger partial charge on any atom is 0.321 e. The number of fused-ring (bicyclic) bond motifs is 1. The molecule has 0 aliphatic rings. The Kier molecular flexibility index (Phi) is 4.96. The van der Waals surface area contributed by atoms with E-state index in [1.807, 2.05) is 49.4 Å². The molecule has 4 nitrogen and oxygen atoms in total. The molecule has 0 fully saturated rings. The molecule has 106 valence electrons. The molecule has 2 aromatic rings. The molecule has 0 heterocycles. The normalized spacial score (nSPS) is 10.5. The zero-order chi connectivity index (χ0) is 14.4. The first-order valence-corrected chi connectivity index (χ1v) is 6.90. The molecular weight excluding hydrogens is 252 g/mol. The van der Waals surface area contributed by atoms with Gasteiger partial charge in [-0.3, -0.25) is 0 Å². The summed E-state index contributed by atoms with van der Waals surface area (Å²) in [6, 6.07) is 13.7. The molecule has 2 rings (SSSR count). The number of anilines is 1. The van der Waals surface area contributed by atoms with Crippen molar-refractivity contribution in [2.24, 2.45) is 0 Å². The van der Waals surface area contributed by atoms with Crippen molar-refractivity contribution in [2.45, 2.75) is 13.3 Å². The van der Waals surface area contributed by atoms with Crippen LogP contribution in [0.1, 0.15) is 13.3 Å². The van der Waals surface area contributed by atoms with Crippen molar-refractivity contribution in [1.29, 1.82) is 0 Å². The third-order valence-electron chi connectivity index (χ3n) is 3.29. The number of nitrogens with zero attached hydrogens (tertiary/aromatic N) is 1. The number of urea groups is 1. The Bertz CT molecular complexity index is 578. The lowest BCUT2D eigenvalue weighted by atomic mass is 10.1. The standard InChI is InChI=1S/C16H20N2O2/c1-2-18(11-6-12-19)16(20)17-15-10-5-8-13-7-3-4-9-14(13)15/h3-5,7-10,19H,2,6,11-12H2,1H3,(H,17,20). The van der Waals surface area contributed by atoms with Crippen LogP contribution in [0.15, 0.2) is 42.5 Å². The van der Waals surface area contributed by atoms with Gasteiger partial charge in [0.05, 0.1) is 5.69 Å². The second-order valence-corrected chi connectivity index (χ2v) is 4.61. The first-order valence-electron chi connectivity index (χ1n) is 6.90. The second kappa shape index (κ2) is 6.91.